The van der Waals surface area contributed by atoms with Crippen LogP contribution in [0.15, 0.2) is 27.8 Å². The first kappa shape index (κ1) is 21.3. The Kier molecular flexibility index (Phi) is 9.32. The van der Waals surface area contributed by atoms with Crippen molar-refractivity contribution in [3.8, 4) is 0 Å². The third kappa shape index (κ3) is 6.92. The molecule has 4 N–H and O–H groups in total. The normalized spacial score (nSPS) is 17.6. The number of rotatable bonds is 6. The van der Waals surface area contributed by atoms with E-state index in [1.807, 2.05) is 0 Å². The first-order valence-corrected chi connectivity index (χ1v) is 8.15. The molecule has 1 aromatic heterocycles. The Bertz CT molecular complexity index is 576. The SMILES string of the molecule is CN=C(NCCNC(=O)c1ccco1)N1CCCC(CC(N)=O)C1.I. The number of amides is 2. The van der Waals surface area contributed by atoms with Crippen LogP contribution in [0, 0.1) is 5.92 Å². The first-order valence-electron chi connectivity index (χ1n) is 8.15. The molecule has 9 heteroatoms. The molecule has 1 aliphatic heterocycles. The van der Waals surface area contributed by atoms with Crippen LogP contribution in [-0.4, -0.2) is 55.9 Å². The minimum atomic E-state index is -0.259. The van der Waals surface area contributed by atoms with Crippen LogP contribution in [0.3, 0.4) is 0 Å². The molecule has 1 aromatic rings. The van der Waals surface area contributed by atoms with Crippen molar-refractivity contribution in [3.63, 3.8) is 0 Å². The molecule has 1 aliphatic rings. The zero-order valence-corrected chi connectivity index (χ0v) is 16.7. The van der Waals surface area contributed by atoms with Crippen molar-refractivity contribution in [1.29, 1.82) is 0 Å². The van der Waals surface area contributed by atoms with Gasteiger partial charge in [0.1, 0.15) is 0 Å². The maximum Gasteiger partial charge on any atom is 0.287 e. The zero-order valence-electron chi connectivity index (χ0n) is 14.4. The fraction of sp³-hybridized carbons (Fsp3) is 0.562. The number of carbonyl (C=O) groups is 2. The van der Waals surface area contributed by atoms with Gasteiger partial charge in [-0.2, -0.15) is 0 Å². The molecule has 0 aromatic carbocycles. The number of halogens is 1. The molecule has 0 radical (unpaired) electrons. The molecule has 2 amide bonds. The van der Waals surface area contributed by atoms with Gasteiger partial charge in [0.25, 0.3) is 5.91 Å². The van der Waals surface area contributed by atoms with Crippen LogP contribution in [0.4, 0.5) is 0 Å². The monoisotopic (exact) mass is 463 g/mol. The van der Waals surface area contributed by atoms with Gasteiger partial charge in [-0.25, -0.2) is 0 Å². The van der Waals surface area contributed by atoms with Gasteiger partial charge in [-0.3, -0.25) is 14.6 Å². The van der Waals surface area contributed by atoms with Crippen molar-refractivity contribution in [2.24, 2.45) is 16.6 Å². The average Bonchev–Trinajstić information content (AvgIpc) is 3.09. The molecular weight excluding hydrogens is 437 g/mol. The molecule has 1 unspecified atom stereocenters. The fourth-order valence-electron chi connectivity index (χ4n) is 2.89. The van der Waals surface area contributed by atoms with Crippen molar-refractivity contribution in [2.45, 2.75) is 19.3 Å². The second kappa shape index (κ2) is 11.0. The predicted octanol–water partition coefficient (Wildman–Crippen LogP) is 0.790. The number of aliphatic imine (C=N–C) groups is 1. The Labute approximate surface area is 164 Å². The van der Waals surface area contributed by atoms with Crippen molar-refractivity contribution >= 4 is 41.8 Å². The van der Waals surface area contributed by atoms with Crippen molar-refractivity contribution in [3.05, 3.63) is 24.2 Å². The number of nitrogens with two attached hydrogens (primary N) is 1. The van der Waals surface area contributed by atoms with Crippen LogP contribution in [0.5, 0.6) is 0 Å². The van der Waals surface area contributed by atoms with E-state index in [-0.39, 0.29) is 41.7 Å². The van der Waals surface area contributed by atoms with Crippen LogP contribution in [0.1, 0.15) is 29.8 Å². The predicted molar refractivity (Wildman–Crippen MR) is 106 cm³/mol. The fourth-order valence-corrected chi connectivity index (χ4v) is 2.89. The Hall–Kier alpha value is -1.78. The van der Waals surface area contributed by atoms with Crippen molar-refractivity contribution in [1.82, 2.24) is 15.5 Å². The van der Waals surface area contributed by atoms with Crippen molar-refractivity contribution < 1.29 is 14.0 Å². The van der Waals surface area contributed by atoms with Crippen LogP contribution < -0.4 is 16.4 Å². The number of furan rings is 1. The third-order valence-electron chi connectivity index (χ3n) is 3.96. The van der Waals surface area contributed by atoms with E-state index in [1.54, 1.807) is 19.2 Å². The number of guanidine groups is 1. The highest BCUT2D eigenvalue weighted by molar-refractivity contribution is 14.0. The van der Waals surface area contributed by atoms with Crippen LogP contribution >= 0.6 is 24.0 Å². The molecule has 0 bridgehead atoms. The van der Waals surface area contributed by atoms with E-state index >= 15 is 0 Å². The Morgan fingerprint density at radius 2 is 2.16 bits per heavy atom. The van der Waals surface area contributed by atoms with E-state index < -0.39 is 0 Å². The highest BCUT2D eigenvalue weighted by Crippen LogP contribution is 2.19. The number of piperidine rings is 1. The van der Waals surface area contributed by atoms with E-state index in [9.17, 15) is 9.59 Å². The minimum Gasteiger partial charge on any atom is -0.459 e. The number of likely N-dealkylation sites (tertiary alicyclic amines) is 1. The van der Waals surface area contributed by atoms with Crippen molar-refractivity contribution in [2.75, 3.05) is 33.2 Å². The molecule has 140 valence electrons. The van der Waals surface area contributed by atoms with Crippen LogP contribution in [0.2, 0.25) is 0 Å². The van der Waals surface area contributed by atoms with E-state index in [0.717, 1.165) is 31.9 Å². The van der Waals surface area contributed by atoms with Gasteiger partial charge in [-0.15, -0.1) is 24.0 Å². The summed E-state index contributed by atoms with van der Waals surface area (Å²) in [5, 5.41) is 6.00. The zero-order chi connectivity index (χ0) is 17.4. The summed E-state index contributed by atoms with van der Waals surface area (Å²) in [5.41, 5.74) is 5.29. The first-order chi connectivity index (χ1) is 11.6. The Morgan fingerprint density at radius 1 is 1.40 bits per heavy atom. The lowest BCUT2D eigenvalue weighted by Gasteiger charge is -2.34. The van der Waals surface area contributed by atoms with Gasteiger partial charge in [-0.05, 0) is 30.9 Å². The number of nitrogens with zero attached hydrogens (tertiary/aromatic N) is 2. The lowest BCUT2D eigenvalue weighted by molar-refractivity contribution is -0.119. The average molecular weight is 463 g/mol. The van der Waals surface area contributed by atoms with Crippen LogP contribution in [-0.2, 0) is 4.79 Å². The number of nitrogens with one attached hydrogen (secondary N) is 2. The second-order valence-electron chi connectivity index (χ2n) is 5.83. The quantitative estimate of drug-likeness (QED) is 0.250. The van der Waals surface area contributed by atoms with E-state index in [0.29, 0.717) is 25.3 Å². The molecule has 2 heterocycles. The summed E-state index contributed by atoms with van der Waals surface area (Å²) in [6, 6.07) is 3.29. The molecule has 8 nitrogen and oxygen atoms in total. The standard InChI is InChI=1S/C16H25N5O3.HI/c1-18-16(21-8-2-4-12(11-21)10-14(17)22)20-7-6-19-15(23)13-5-3-9-24-13;/h3,5,9,12H,2,4,6-8,10-11H2,1H3,(H2,17,22)(H,18,20)(H,19,23);1H. The molecule has 25 heavy (non-hydrogen) atoms. The molecule has 0 spiro atoms. The second-order valence-corrected chi connectivity index (χ2v) is 5.83. The summed E-state index contributed by atoms with van der Waals surface area (Å²) >= 11 is 0. The maximum absolute atomic E-state index is 11.8. The summed E-state index contributed by atoms with van der Waals surface area (Å²) in [7, 11) is 1.72. The van der Waals surface area contributed by atoms with E-state index in [4.69, 9.17) is 10.2 Å². The minimum absolute atomic E-state index is 0. The van der Waals surface area contributed by atoms with Gasteiger partial charge in [0, 0.05) is 39.6 Å². The largest absolute Gasteiger partial charge is 0.459 e. The van der Waals surface area contributed by atoms with Gasteiger partial charge in [-0.1, -0.05) is 0 Å². The summed E-state index contributed by atoms with van der Waals surface area (Å²) in [5.74, 6) is 0.844. The van der Waals surface area contributed by atoms with Gasteiger partial charge >= 0.3 is 0 Å². The summed E-state index contributed by atoms with van der Waals surface area (Å²) in [6.07, 6.45) is 3.89. The van der Waals surface area contributed by atoms with E-state index in [1.165, 1.54) is 6.26 Å². The van der Waals surface area contributed by atoms with Gasteiger partial charge in [0.15, 0.2) is 11.7 Å². The van der Waals surface area contributed by atoms with Gasteiger partial charge in [0.2, 0.25) is 5.91 Å². The van der Waals surface area contributed by atoms with Gasteiger partial charge in [0.05, 0.1) is 6.26 Å². The maximum atomic E-state index is 11.8. The highest BCUT2D eigenvalue weighted by Gasteiger charge is 2.23. The van der Waals surface area contributed by atoms with Crippen LogP contribution in [0.25, 0.3) is 0 Å². The lowest BCUT2D eigenvalue weighted by Crippen LogP contribution is -2.48. The summed E-state index contributed by atoms with van der Waals surface area (Å²) in [6.45, 7) is 2.67. The number of carbonyl (C=O) groups excluding carboxylic acids is 2. The van der Waals surface area contributed by atoms with Gasteiger partial charge < -0.3 is 25.7 Å². The smallest absolute Gasteiger partial charge is 0.287 e. The summed E-state index contributed by atoms with van der Waals surface area (Å²) < 4.78 is 5.03. The number of primary amides is 1. The molecule has 0 saturated carbocycles. The Morgan fingerprint density at radius 3 is 2.80 bits per heavy atom. The topological polar surface area (TPSA) is 113 Å². The molecule has 1 fully saturated rings. The number of hydrogen-bond acceptors (Lipinski definition) is 4. The Balaban J connectivity index is 0.00000312. The molecule has 2 rings (SSSR count). The highest BCUT2D eigenvalue weighted by atomic mass is 127. The number of hydrogen-bond donors (Lipinski definition) is 3. The molecule has 1 saturated heterocycles. The lowest BCUT2D eigenvalue weighted by atomic mass is 9.95. The molecule has 1 atom stereocenters. The van der Waals surface area contributed by atoms with E-state index in [2.05, 4.69) is 20.5 Å². The summed E-state index contributed by atoms with van der Waals surface area (Å²) in [4.78, 5) is 29.3. The molecule has 0 aliphatic carbocycles. The third-order valence-corrected chi connectivity index (χ3v) is 3.96. The molecular formula is C16H26IN5O3.